The van der Waals surface area contributed by atoms with E-state index in [1.807, 2.05) is 4.72 Å². The summed E-state index contributed by atoms with van der Waals surface area (Å²) in [5, 5.41) is 3.99. The van der Waals surface area contributed by atoms with Crippen LogP contribution in [0.5, 0.6) is 0 Å². The topological polar surface area (TPSA) is 117 Å². The number of aromatic nitrogens is 3. The van der Waals surface area contributed by atoms with E-state index in [1.54, 1.807) is 31.2 Å². The normalized spacial score (nSPS) is 12.6. The van der Waals surface area contributed by atoms with Gasteiger partial charge < -0.3 is 10.3 Å². The number of hydrogen-bond acceptors (Lipinski definition) is 6. The van der Waals surface area contributed by atoms with Gasteiger partial charge in [-0.15, -0.1) is 0 Å². The number of rotatable bonds is 11. The average Bonchev–Trinajstić information content (AvgIpc) is 3.23. The number of sulfonamides is 1. The summed E-state index contributed by atoms with van der Waals surface area (Å²) in [5.41, 5.74) is 0.652. The van der Waals surface area contributed by atoms with Gasteiger partial charge in [0.1, 0.15) is 29.4 Å². The zero-order chi connectivity index (χ0) is 25.6. The van der Waals surface area contributed by atoms with Crippen LogP contribution in [0.25, 0.3) is 11.0 Å². The summed E-state index contributed by atoms with van der Waals surface area (Å²) in [5.74, 6) is -2.52. The van der Waals surface area contributed by atoms with Gasteiger partial charge in [-0.05, 0) is 42.8 Å². The Kier molecular flexibility index (Phi) is 8.36. The quantitative estimate of drug-likeness (QED) is 0.227. The minimum Gasteiger partial charge on any atom is -0.345 e. The number of nitrogens with one attached hydrogen (secondary N) is 3. The highest BCUT2D eigenvalue weighted by Gasteiger charge is 2.19. The van der Waals surface area contributed by atoms with Crippen LogP contribution in [-0.2, 0) is 10.0 Å². The van der Waals surface area contributed by atoms with E-state index >= 15 is 0 Å². The molecule has 3 aromatic rings. The summed E-state index contributed by atoms with van der Waals surface area (Å²) < 4.78 is 53.9. The molecule has 0 bridgehead atoms. The predicted molar refractivity (Wildman–Crippen MR) is 132 cm³/mol. The van der Waals surface area contributed by atoms with Crippen molar-refractivity contribution >= 4 is 49.9 Å². The molecule has 2 aromatic heterocycles. The van der Waals surface area contributed by atoms with Crippen molar-refractivity contribution in [2.24, 2.45) is 0 Å². The van der Waals surface area contributed by atoms with Gasteiger partial charge in [0.25, 0.3) is 0 Å². The van der Waals surface area contributed by atoms with E-state index in [-0.39, 0.29) is 11.3 Å². The first-order valence-electron chi connectivity index (χ1n) is 10.4. The third-order valence-corrected chi connectivity index (χ3v) is 6.40. The zero-order valence-corrected chi connectivity index (χ0v) is 20.2. The SMILES string of the molecule is C=C(F)/C(=C\C=C(\F)CC(=O)c1c[nH]c2ncnc(Nc3ccc(Cl)cc3)c12)NS(=O)(=O)CCC. The lowest BCUT2D eigenvalue weighted by Gasteiger charge is -2.08. The number of carbonyl (C=O) groups excluding carboxylic acids is 1. The Hall–Kier alpha value is -3.57. The summed E-state index contributed by atoms with van der Waals surface area (Å²) in [6.07, 6.45) is 4.04. The Bertz CT molecular complexity index is 1420. The van der Waals surface area contributed by atoms with Crippen LogP contribution < -0.4 is 10.0 Å². The molecule has 35 heavy (non-hydrogen) atoms. The summed E-state index contributed by atoms with van der Waals surface area (Å²) in [6, 6.07) is 6.82. The van der Waals surface area contributed by atoms with Crippen molar-refractivity contribution < 1.29 is 22.0 Å². The molecule has 184 valence electrons. The monoisotopic (exact) mass is 521 g/mol. The van der Waals surface area contributed by atoms with E-state index in [1.165, 1.54) is 12.5 Å². The Morgan fingerprint density at radius 1 is 1.20 bits per heavy atom. The van der Waals surface area contributed by atoms with Gasteiger partial charge >= 0.3 is 0 Å². The van der Waals surface area contributed by atoms with E-state index in [9.17, 15) is 22.0 Å². The molecule has 0 unspecified atom stereocenters. The number of aromatic amines is 1. The van der Waals surface area contributed by atoms with Gasteiger partial charge in [-0.1, -0.05) is 25.1 Å². The summed E-state index contributed by atoms with van der Waals surface area (Å²) >= 11 is 5.91. The number of carbonyl (C=O) groups is 1. The molecule has 3 rings (SSSR count). The molecule has 0 spiro atoms. The highest BCUT2D eigenvalue weighted by atomic mass is 35.5. The zero-order valence-electron chi connectivity index (χ0n) is 18.6. The lowest BCUT2D eigenvalue weighted by molar-refractivity contribution is 0.0988. The summed E-state index contributed by atoms with van der Waals surface area (Å²) in [7, 11) is -3.81. The molecule has 0 fully saturated rings. The standard InChI is InChI=1S/C23H22ClF2N5O3S/c1-3-10-35(33,34)31-19(14(2)25)9-6-16(26)11-20(32)18-12-27-22-21(18)23(29-13-28-22)30-17-7-4-15(24)5-8-17/h4-9,12-13,31H,2-3,10-11H2,1H3,(H2,27,28,29,30)/b16-6+,19-9+. The van der Waals surface area contributed by atoms with Crippen LogP contribution >= 0.6 is 11.6 Å². The maximum absolute atomic E-state index is 14.5. The van der Waals surface area contributed by atoms with Crippen LogP contribution in [0.4, 0.5) is 20.3 Å². The Labute approximate surface area is 205 Å². The van der Waals surface area contributed by atoms with Gasteiger partial charge in [-0.2, -0.15) is 0 Å². The number of fused-ring (bicyclic) bond motifs is 1. The molecule has 0 amide bonds. The fourth-order valence-electron chi connectivity index (χ4n) is 3.10. The van der Waals surface area contributed by atoms with Crippen molar-refractivity contribution in [3.63, 3.8) is 0 Å². The van der Waals surface area contributed by atoms with Crippen molar-refractivity contribution in [3.8, 4) is 0 Å². The molecule has 8 nitrogen and oxygen atoms in total. The highest BCUT2D eigenvalue weighted by molar-refractivity contribution is 7.89. The third-order valence-electron chi connectivity index (χ3n) is 4.67. The number of allylic oxidation sites excluding steroid dienone is 4. The summed E-state index contributed by atoms with van der Waals surface area (Å²) in [6.45, 7) is 4.69. The number of anilines is 2. The number of ketones is 1. The second kappa shape index (κ2) is 11.2. The van der Waals surface area contributed by atoms with Crippen molar-refractivity contribution in [1.82, 2.24) is 19.7 Å². The first-order valence-corrected chi connectivity index (χ1v) is 12.4. The number of benzene rings is 1. The number of halogens is 3. The Balaban J connectivity index is 1.83. The number of hydrogen-bond donors (Lipinski definition) is 3. The molecule has 0 aliphatic rings. The van der Waals surface area contributed by atoms with E-state index < -0.39 is 39.6 Å². The van der Waals surface area contributed by atoms with E-state index in [2.05, 4.69) is 26.8 Å². The largest absolute Gasteiger partial charge is 0.345 e. The lowest BCUT2D eigenvalue weighted by atomic mass is 10.1. The minimum atomic E-state index is -3.81. The fourth-order valence-corrected chi connectivity index (χ4v) is 4.38. The molecule has 0 aliphatic carbocycles. The van der Waals surface area contributed by atoms with Gasteiger partial charge in [-0.25, -0.2) is 27.2 Å². The lowest BCUT2D eigenvalue weighted by Crippen LogP contribution is -2.25. The van der Waals surface area contributed by atoms with Gasteiger partial charge in [0.2, 0.25) is 10.0 Å². The molecule has 0 atom stereocenters. The number of nitrogens with zero attached hydrogens (tertiary/aromatic N) is 2. The maximum atomic E-state index is 14.5. The second-order valence-electron chi connectivity index (χ2n) is 7.40. The van der Waals surface area contributed by atoms with Crippen LogP contribution in [-0.4, -0.2) is 34.9 Å². The second-order valence-corrected chi connectivity index (χ2v) is 9.68. The predicted octanol–water partition coefficient (Wildman–Crippen LogP) is 5.48. The van der Waals surface area contributed by atoms with Gasteiger partial charge in [0, 0.05) is 22.5 Å². The average molecular weight is 522 g/mol. The highest BCUT2D eigenvalue weighted by Crippen LogP contribution is 2.28. The van der Waals surface area contributed by atoms with Crippen LogP contribution in [0.2, 0.25) is 5.02 Å². The third kappa shape index (κ3) is 6.96. The number of Topliss-reactive ketones (excluding diaryl/α,β-unsaturated/α-hetero) is 1. The molecule has 0 saturated carbocycles. The Morgan fingerprint density at radius 3 is 2.57 bits per heavy atom. The molecule has 2 heterocycles. The van der Waals surface area contributed by atoms with E-state index in [0.717, 1.165) is 12.2 Å². The molecule has 0 aliphatic heterocycles. The van der Waals surface area contributed by atoms with Gasteiger partial charge in [0.05, 0.1) is 23.3 Å². The fraction of sp³-hybridized carbons (Fsp3) is 0.174. The van der Waals surface area contributed by atoms with Crippen LogP contribution in [0, 0.1) is 0 Å². The minimum absolute atomic E-state index is 0.142. The molecule has 0 saturated heterocycles. The first kappa shape index (κ1) is 26.0. The molecular weight excluding hydrogens is 500 g/mol. The first-order chi connectivity index (χ1) is 16.6. The smallest absolute Gasteiger partial charge is 0.232 e. The molecular formula is C23H22ClF2N5O3S. The molecule has 12 heteroatoms. The molecule has 1 aromatic carbocycles. The maximum Gasteiger partial charge on any atom is 0.232 e. The van der Waals surface area contributed by atoms with E-state index in [0.29, 0.717) is 34.0 Å². The van der Waals surface area contributed by atoms with Gasteiger partial charge in [-0.3, -0.25) is 9.52 Å². The van der Waals surface area contributed by atoms with Crippen LogP contribution in [0.3, 0.4) is 0 Å². The summed E-state index contributed by atoms with van der Waals surface area (Å²) in [4.78, 5) is 24.0. The molecule has 3 N–H and O–H groups in total. The van der Waals surface area contributed by atoms with E-state index in [4.69, 9.17) is 11.6 Å². The Morgan fingerprint density at radius 2 is 1.91 bits per heavy atom. The van der Waals surface area contributed by atoms with Crippen molar-refractivity contribution in [1.29, 1.82) is 0 Å². The van der Waals surface area contributed by atoms with Gasteiger partial charge in [0.15, 0.2) is 5.78 Å². The van der Waals surface area contributed by atoms with Crippen molar-refractivity contribution in [2.75, 3.05) is 11.1 Å². The number of H-pyrrole nitrogens is 1. The van der Waals surface area contributed by atoms with Crippen molar-refractivity contribution in [3.05, 3.63) is 83.5 Å². The van der Waals surface area contributed by atoms with Crippen LogP contribution in [0.1, 0.15) is 30.1 Å². The van der Waals surface area contributed by atoms with Crippen molar-refractivity contribution in [2.45, 2.75) is 19.8 Å². The van der Waals surface area contributed by atoms with Crippen LogP contribution in [0.15, 0.2) is 72.9 Å². The molecule has 0 radical (unpaired) electrons.